The van der Waals surface area contributed by atoms with Gasteiger partial charge in [0.15, 0.2) is 35.5 Å². The summed E-state index contributed by atoms with van der Waals surface area (Å²) >= 11 is 0. The molecule has 0 aliphatic carbocycles. The number of rotatable bonds is 16. The number of ether oxygens (including phenoxy) is 3. The molecule has 0 spiro atoms. The van der Waals surface area contributed by atoms with E-state index in [1.54, 1.807) is 36.4 Å². The third kappa shape index (κ3) is 6.73. The van der Waals surface area contributed by atoms with Crippen molar-refractivity contribution in [1.29, 1.82) is 0 Å². The smallest absolute Gasteiger partial charge is 0.271 e. The fourth-order valence-electron chi connectivity index (χ4n) is 6.66. The van der Waals surface area contributed by atoms with E-state index >= 15 is 0 Å². The first-order chi connectivity index (χ1) is 26.8. The van der Waals surface area contributed by atoms with Gasteiger partial charge in [-0.15, -0.1) is 0 Å². The summed E-state index contributed by atoms with van der Waals surface area (Å²) in [6, 6.07) is 34.9. The highest BCUT2D eigenvalue weighted by Gasteiger charge is 2.85. The maximum absolute atomic E-state index is 14.8. The highest BCUT2D eigenvalue weighted by Crippen LogP contribution is 2.53. The summed E-state index contributed by atoms with van der Waals surface area (Å²) < 4.78 is 16.7. The van der Waals surface area contributed by atoms with Crippen molar-refractivity contribution in [1.82, 2.24) is 0 Å². The molecule has 0 bridgehead atoms. The molecule has 1 aliphatic rings. The first-order valence-electron chi connectivity index (χ1n) is 17.3. The fourth-order valence-corrected chi connectivity index (χ4v) is 6.66. The highest BCUT2D eigenvalue weighted by molar-refractivity contribution is 6.15. The van der Waals surface area contributed by atoms with Crippen molar-refractivity contribution in [3.05, 3.63) is 168 Å². The van der Waals surface area contributed by atoms with Gasteiger partial charge < -0.3 is 39.7 Å². The molecule has 0 aromatic heterocycles. The topological polar surface area (TPSA) is 214 Å². The van der Waals surface area contributed by atoms with Gasteiger partial charge in [-0.3, -0.25) is 24.0 Å². The fraction of sp³-hybridized carbons (Fsp3) is 0.186. The Labute approximate surface area is 320 Å². The summed E-state index contributed by atoms with van der Waals surface area (Å²) in [5, 5.41) is 62.8. The summed E-state index contributed by atoms with van der Waals surface area (Å²) in [6.45, 7) is -2.43. The maximum Gasteiger partial charge on any atom is 0.271 e. The zero-order chi connectivity index (χ0) is 40.1. The van der Waals surface area contributed by atoms with Crippen LogP contribution < -0.4 is 9.47 Å². The number of hydrogen-bond donors (Lipinski definition) is 5. The Morgan fingerprint density at radius 1 is 0.589 bits per heavy atom. The van der Waals surface area contributed by atoms with Crippen LogP contribution in [0.1, 0.15) is 31.1 Å². The van der Waals surface area contributed by atoms with Crippen molar-refractivity contribution in [2.45, 2.75) is 34.8 Å². The first kappa shape index (κ1) is 39.5. The van der Waals surface area contributed by atoms with Crippen molar-refractivity contribution in [3.63, 3.8) is 0 Å². The van der Waals surface area contributed by atoms with Crippen LogP contribution in [0.2, 0.25) is 0 Å². The second-order valence-electron chi connectivity index (χ2n) is 13.0. The molecule has 56 heavy (non-hydrogen) atoms. The summed E-state index contributed by atoms with van der Waals surface area (Å²) in [7, 11) is 0. The van der Waals surface area contributed by atoms with E-state index in [9.17, 15) is 49.5 Å². The van der Waals surface area contributed by atoms with E-state index in [2.05, 4.69) is 0 Å². The first-order valence-corrected chi connectivity index (χ1v) is 17.3. The predicted molar refractivity (Wildman–Crippen MR) is 197 cm³/mol. The number of Topliss-reactive ketones (excluding diaryl/α,β-unsaturated/α-hetero) is 5. The van der Waals surface area contributed by atoms with Crippen molar-refractivity contribution in [2.24, 2.45) is 0 Å². The molecule has 5 N–H and O–H groups in total. The second kappa shape index (κ2) is 15.9. The molecule has 1 heterocycles. The van der Waals surface area contributed by atoms with Gasteiger partial charge in [-0.2, -0.15) is 0 Å². The van der Waals surface area contributed by atoms with Gasteiger partial charge in [-0.25, -0.2) is 0 Å². The molecule has 6 atom stereocenters. The van der Waals surface area contributed by atoms with Gasteiger partial charge in [-0.05, 0) is 24.3 Å². The Kier molecular flexibility index (Phi) is 11.2. The lowest BCUT2D eigenvalue weighted by molar-refractivity contribution is -0.258. The lowest BCUT2D eigenvalue weighted by Gasteiger charge is -2.44. The van der Waals surface area contributed by atoms with Crippen molar-refractivity contribution in [2.75, 3.05) is 13.2 Å². The van der Waals surface area contributed by atoms with E-state index in [1.165, 1.54) is 91.0 Å². The quantitative estimate of drug-likeness (QED) is 0.0917. The molecule has 0 radical (unpaired) electrons. The molecule has 6 rings (SSSR count). The Morgan fingerprint density at radius 3 is 1.45 bits per heavy atom. The van der Waals surface area contributed by atoms with Crippen LogP contribution in [-0.2, 0) is 14.3 Å². The van der Waals surface area contributed by atoms with Crippen LogP contribution in [0.25, 0.3) is 0 Å². The maximum atomic E-state index is 14.8. The molecule has 0 saturated carbocycles. The molecule has 1 aliphatic heterocycles. The lowest BCUT2D eigenvalue weighted by atomic mass is 9.63. The third-order valence-corrected chi connectivity index (χ3v) is 9.62. The minimum Gasteiger partial charge on any atom is -0.486 e. The zero-order valence-corrected chi connectivity index (χ0v) is 29.5. The largest absolute Gasteiger partial charge is 0.486 e. The minimum absolute atomic E-state index is 0.0414. The summed E-state index contributed by atoms with van der Waals surface area (Å²) in [5.41, 5.74) is -13.2. The van der Waals surface area contributed by atoms with E-state index in [4.69, 9.17) is 14.2 Å². The lowest BCUT2D eigenvalue weighted by Crippen LogP contribution is -2.77. The van der Waals surface area contributed by atoms with Crippen LogP contribution in [0.15, 0.2) is 152 Å². The summed E-state index contributed by atoms with van der Waals surface area (Å²) in [5.74, 6) is -11.9. The van der Waals surface area contributed by atoms with Crippen LogP contribution >= 0.6 is 0 Å². The van der Waals surface area contributed by atoms with Crippen LogP contribution in [0.5, 0.6) is 11.5 Å². The second-order valence-corrected chi connectivity index (χ2v) is 13.0. The van der Waals surface area contributed by atoms with Crippen molar-refractivity contribution >= 4 is 28.9 Å². The number of aliphatic hydroxyl groups excluding tert-OH is 1. The Bertz CT molecular complexity index is 2200. The Balaban J connectivity index is 1.60. The molecule has 5 aromatic carbocycles. The molecule has 13 heteroatoms. The van der Waals surface area contributed by atoms with Gasteiger partial charge >= 0.3 is 0 Å². The molecular weight excluding hydrogens is 724 g/mol. The van der Waals surface area contributed by atoms with Crippen LogP contribution in [0, 0.1) is 0 Å². The van der Waals surface area contributed by atoms with E-state index in [-0.39, 0.29) is 17.1 Å². The van der Waals surface area contributed by atoms with Gasteiger partial charge in [0.2, 0.25) is 23.0 Å². The molecule has 1 fully saturated rings. The minimum atomic E-state index is -4.16. The van der Waals surface area contributed by atoms with Gasteiger partial charge in [0.1, 0.15) is 24.2 Å². The normalized spacial score (nSPS) is 23.3. The zero-order valence-electron chi connectivity index (χ0n) is 29.5. The molecule has 5 aromatic rings. The number of carbonyl (C=O) groups excluding carboxylic acids is 5. The molecule has 2 unspecified atom stereocenters. The van der Waals surface area contributed by atoms with Crippen LogP contribution in [0.4, 0.5) is 0 Å². The molecule has 13 nitrogen and oxygen atoms in total. The number of para-hydroxylation sites is 2. The number of aliphatic hydroxyl groups is 5. The number of benzene rings is 5. The molecular formula is C43H36O13. The number of ketones is 5. The van der Waals surface area contributed by atoms with E-state index in [1.807, 2.05) is 0 Å². The highest BCUT2D eigenvalue weighted by atomic mass is 16.7. The van der Waals surface area contributed by atoms with E-state index in [0.717, 1.165) is 24.3 Å². The average molecular weight is 761 g/mol. The van der Waals surface area contributed by atoms with E-state index < -0.39 is 88.1 Å². The molecule has 0 amide bonds. The standard InChI is InChI=1S/C43H36O13/c44-33(26-54-31-22-12-4-13-23-31)42(52)41(51,37(48)30-20-10-3-11-21-30)39(56-43(42,53)34(45)27-55-32-24-14-5-15-25-32)40(50,36(47)29-18-8-2-9-19-29)38(49)35(46)28-16-6-1-7-17-28/h1-25,38-39,49-53H,26-27H2/t38?,39-,40-,41-,42-,43?/m1/s1. The summed E-state index contributed by atoms with van der Waals surface area (Å²) in [6.07, 6.45) is -6.11. The van der Waals surface area contributed by atoms with Gasteiger partial charge in [-0.1, -0.05) is 127 Å². The average Bonchev–Trinajstić information content (AvgIpc) is 3.45. The Morgan fingerprint density at radius 2 is 0.982 bits per heavy atom. The van der Waals surface area contributed by atoms with Crippen LogP contribution in [-0.4, -0.2) is 102 Å². The SMILES string of the molecule is O=C(c1ccccc1)C(O)[C@](O)(C(=O)c1ccccc1)[C@H]1OC(O)(C(=O)COc2ccccc2)[C@@](O)(C(=O)COc2ccccc2)[C@@]1(O)C(=O)c1ccccc1. The Hall–Kier alpha value is -6.19. The van der Waals surface area contributed by atoms with Gasteiger partial charge in [0, 0.05) is 16.7 Å². The molecule has 286 valence electrons. The molecule has 1 saturated heterocycles. The summed E-state index contributed by atoms with van der Waals surface area (Å²) in [4.78, 5) is 72.1. The number of carbonyl (C=O) groups is 5. The van der Waals surface area contributed by atoms with Gasteiger partial charge in [0.25, 0.3) is 5.79 Å². The monoisotopic (exact) mass is 760 g/mol. The third-order valence-electron chi connectivity index (χ3n) is 9.62. The predicted octanol–water partition coefficient (Wildman–Crippen LogP) is 2.57. The van der Waals surface area contributed by atoms with Crippen LogP contribution in [0.3, 0.4) is 0 Å². The van der Waals surface area contributed by atoms with E-state index in [0.29, 0.717) is 0 Å². The van der Waals surface area contributed by atoms with Crippen molar-refractivity contribution < 1.29 is 63.7 Å². The number of hydrogen-bond acceptors (Lipinski definition) is 13. The van der Waals surface area contributed by atoms with Gasteiger partial charge in [0.05, 0.1) is 0 Å². The van der Waals surface area contributed by atoms with Crippen molar-refractivity contribution in [3.8, 4) is 11.5 Å².